The molecular formula is C19H20N2O2. The molecule has 0 aliphatic heterocycles. The third-order valence-electron chi connectivity index (χ3n) is 4.45. The van der Waals surface area contributed by atoms with Crippen molar-refractivity contribution in [3.63, 3.8) is 0 Å². The number of benzene rings is 2. The minimum Gasteiger partial charge on any atom is -0.366 e. The highest BCUT2D eigenvalue weighted by Gasteiger charge is 2.44. The molecule has 118 valence electrons. The number of aryl methyl sites for hydroxylation is 1. The molecule has 1 aliphatic carbocycles. The fourth-order valence-corrected chi connectivity index (χ4v) is 3.02. The van der Waals surface area contributed by atoms with Crippen molar-refractivity contribution in [2.24, 2.45) is 11.7 Å². The zero-order chi connectivity index (χ0) is 16.6. The van der Waals surface area contributed by atoms with Crippen molar-refractivity contribution >= 4 is 17.5 Å². The maximum absolute atomic E-state index is 12.4. The molecule has 2 atom stereocenters. The van der Waals surface area contributed by atoms with E-state index in [1.807, 2.05) is 6.07 Å². The second kappa shape index (κ2) is 5.88. The molecule has 1 fully saturated rings. The second-order valence-corrected chi connectivity index (χ2v) is 6.19. The van der Waals surface area contributed by atoms with Crippen molar-refractivity contribution in [2.75, 3.05) is 5.32 Å². The Labute approximate surface area is 135 Å². The smallest absolute Gasteiger partial charge is 0.249 e. The first-order chi connectivity index (χ1) is 11.0. The van der Waals surface area contributed by atoms with Crippen LogP contribution >= 0.6 is 0 Å². The lowest BCUT2D eigenvalue weighted by molar-refractivity contribution is -0.117. The summed E-state index contributed by atoms with van der Waals surface area (Å²) >= 11 is 0. The number of rotatable bonds is 4. The molecular weight excluding hydrogens is 288 g/mol. The van der Waals surface area contributed by atoms with Gasteiger partial charge < -0.3 is 11.1 Å². The van der Waals surface area contributed by atoms with Gasteiger partial charge >= 0.3 is 0 Å². The first kappa shape index (κ1) is 15.3. The van der Waals surface area contributed by atoms with Crippen molar-refractivity contribution in [1.82, 2.24) is 0 Å². The lowest BCUT2D eigenvalue weighted by Crippen LogP contribution is -2.18. The fraction of sp³-hybridized carbons (Fsp3) is 0.263. The summed E-state index contributed by atoms with van der Waals surface area (Å²) in [6, 6.07) is 13.5. The number of carbonyl (C=O) groups excluding carboxylic acids is 2. The van der Waals surface area contributed by atoms with Crippen LogP contribution in [0.3, 0.4) is 0 Å². The summed E-state index contributed by atoms with van der Waals surface area (Å²) in [5.41, 5.74) is 9.57. The lowest BCUT2D eigenvalue weighted by Gasteiger charge is -2.11. The zero-order valence-corrected chi connectivity index (χ0v) is 13.3. The van der Waals surface area contributed by atoms with Gasteiger partial charge in [0.1, 0.15) is 0 Å². The predicted octanol–water partition coefficient (Wildman–Crippen LogP) is 3.14. The Balaban J connectivity index is 1.72. The van der Waals surface area contributed by atoms with Crippen LogP contribution in [0, 0.1) is 19.8 Å². The van der Waals surface area contributed by atoms with Crippen LogP contribution in [0.25, 0.3) is 0 Å². The summed E-state index contributed by atoms with van der Waals surface area (Å²) in [5, 5.41) is 2.94. The number of carbonyl (C=O) groups is 2. The highest BCUT2D eigenvalue weighted by molar-refractivity contribution is 6.00. The molecule has 1 saturated carbocycles. The predicted molar refractivity (Wildman–Crippen MR) is 90.4 cm³/mol. The van der Waals surface area contributed by atoms with E-state index in [0.29, 0.717) is 16.8 Å². The van der Waals surface area contributed by atoms with Gasteiger partial charge in [-0.2, -0.15) is 0 Å². The summed E-state index contributed by atoms with van der Waals surface area (Å²) in [6.45, 7) is 3.85. The normalized spacial score (nSPS) is 19.2. The molecule has 0 spiro atoms. The number of hydrogen-bond donors (Lipinski definition) is 2. The summed E-state index contributed by atoms with van der Waals surface area (Å²) in [7, 11) is 0. The van der Waals surface area contributed by atoms with Crippen LogP contribution in [0.5, 0.6) is 0 Å². The minimum absolute atomic E-state index is 0.00114. The van der Waals surface area contributed by atoms with Gasteiger partial charge in [-0.15, -0.1) is 0 Å². The molecule has 23 heavy (non-hydrogen) atoms. The summed E-state index contributed by atoms with van der Waals surface area (Å²) in [4.78, 5) is 23.8. The van der Waals surface area contributed by atoms with E-state index >= 15 is 0 Å². The average molecular weight is 308 g/mol. The fourth-order valence-electron chi connectivity index (χ4n) is 3.02. The monoisotopic (exact) mass is 308 g/mol. The maximum Gasteiger partial charge on any atom is 0.249 e. The Morgan fingerprint density at radius 1 is 1.13 bits per heavy atom. The van der Waals surface area contributed by atoms with Gasteiger partial charge in [-0.25, -0.2) is 0 Å². The van der Waals surface area contributed by atoms with Gasteiger partial charge in [0, 0.05) is 17.2 Å². The van der Waals surface area contributed by atoms with E-state index in [1.54, 1.807) is 25.1 Å². The Kier molecular flexibility index (Phi) is 3.90. The van der Waals surface area contributed by atoms with Gasteiger partial charge in [0.05, 0.1) is 0 Å². The van der Waals surface area contributed by atoms with Gasteiger partial charge in [-0.05, 0) is 49.4 Å². The number of amides is 2. The minimum atomic E-state index is -0.484. The van der Waals surface area contributed by atoms with Crippen LogP contribution in [0.1, 0.15) is 39.4 Å². The topological polar surface area (TPSA) is 72.2 Å². The molecule has 4 heteroatoms. The molecule has 0 radical (unpaired) electrons. The maximum atomic E-state index is 12.4. The number of anilines is 1. The number of hydrogen-bond acceptors (Lipinski definition) is 2. The largest absolute Gasteiger partial charge is 0.366 e. The Morgan fingerprint density at radius 3 is 2.57 bits per heavy atom. The van der Waals surface area contributed by atoms with Crippen molar-refractivity contribution in [3.05, 3.63) is 64.7 Å². The molecule has 4 nitrogen and oxygen atoms in total. The zero-order valence-electron chi connectivity index (χ0n) is 13.3. The Bertz CT molecular complexity index is 783. The molecule has 1 aliphatic rings. The van der Waals surface area contributed by atoms with Gasteiger partial charge in [0.25, 0.3) is 0 Å². The molecule has 0 bridgehead atoms. The van der Waals surface area contributed by atoms with Crippen molar-refractivity contribution in [3.8, 4) is 0 Å². The van der Waals surface area contributed by atoms with E-state index in [2.05, 4.69) is 30.4 Å². The average Bonchev–Trinajstić information content (AvgIpc) is 3.29. The highest BCUT2D eigenvalue weighted by Crippen LogP contribution is 2.48. The first-order valence-electron chi connectivity index (χ1n) is 7.74. The van der Waals surface area contributed by atoms with E-state index in [9.17, 15) is 9.59 Å². The van der Waals surface area contributed by atoms with Crippen molar-refractivity contribution < 1.29 is 9.59 Å². The number of nitrogens with one attached hydrogen (secondary N) is 1. The highest BCUT2D eigenvalue weighted by atomic mass is 16.2. The van der Waals surface area contributed by atoms with E-state index in [4.69, 9.17) is 5.73 Å². The molecule has 0 saturated heterocycles. The summed E-state index contributed by atoms with van der Waals surface area (Å²) in [6.07, 6.45) is 0.865. The standard InChI is InChI=1S/C19H20N2O2/c1-11-5-3-6-13(9-11)15-10-16(15)19(23)21-17-8-4-7-14(12(17)2)18(20)22/h3-9,15-16H,10H2,1-2H3,(H2,20,22)(H,21,23)/t15-,16-/m0/s1. The quantitative estimate of drug-likeness (QED) is 0.910. The Morgan fingerprint density at radius 2 is 1.87 bits per heavy atom. The van der Waals surface area contributed by atoms with Gasteiger partial charge in [-0.3, -0.25) is 9.59 Å². The summed E-state index contributed by atoms with van der Waals surface area (Å²) < 4.78 is 0. The molecule has 2 amide bonds. The Hall–Kier alpha value is -2.62. The molecule has 3 N–H and O–H groups in total. The van der Waals surface area contributed by atoms with E-state index in [-0.39, 0.29) is 17.7 Å². The van der Waals surface area contributed by atoms with Gasteiger partial charge in [0.2, 0.25) is 11.8 Å². The van der Waals surface area contributed by atoms with Crippen LogP contribution < -0.4 is 11.1 Å². The van der Waals surface area contributed by atoms with Crippen LogP contribution in [0.4, 0.5) is 5.69 Å². The van der Waals surface area contributed by atoms with Crippen molar-refractivity contribution in [2.45, 2.75) is 26.2 Å². The van der Waals surface area contributed by atoms with E-state index < -0.39 is 5.91 Å². The van der Waals surface area contributed by atoms with E-state index in [0.717, 1.165) is 6.42 Å². The molecule has 2 aromatic rings. The molecule has 3 rings (SSSR count). The first-order valence-corrected chi connectivity index (χ1v) is 7.74. The third-order valence-corrected chi connectivity index (χ3v) is 4.45. The van der Waals surface area contributed by atoms with Crippen LogP contribution in [-0.2, 0) is 4.79 Å². The molecule has 0 aromatic heterocycles. The van der Waals surface area contributed by atoms with Crippen molar-refractivity contribution in [1.29, 1.82) is 0 Å². The van der Waals surface area contributed by atoms with Crippen LogP contribution in [0.2, 0.25) is 0 Å². The molecule has 0 heterocycles. The number of primary amides is 1. The lowest BCUT2D eigenvalue weighted by atomic mass is 10.0. The molecule has 0 unspecified atom stereocenters. The van der Waals surface area contributed by atoms with E-state index in [1.165, 1.54) is 11.1 Å². The second-order valence-electron chi connectivity index (χ2n) is 6.19. The van der Waals surface area contributed by atoms with Gasteiger partial charge in [0.15, 0.2) is 0 Å². The number of nitrogens with two attached hydrogens (primary N) is 1. The SMILES string of the molecule is Cc1cccc([C@@H]2C[C@@H]2C(=O)Nc2cccc(C(N)=O)c2C)c1. The van der Waals surface area contributed by atoms with Crippen LogP contribution in [0.15, 0.2) is 42.5 Å². The van der Waals surface area contributed by atoms with Crippen LogP contribution in [-0.4, -0.2) is 11.8 Å². The third kappa shape index (κ3) is 3.11. The summed E-state index contributed by atoms with van der Waals surface area (Å²) in [5.74, 6) is -0.202. The molecule has 2 aromatic carbocycles. The van der Waals surface area contributed by atoms with Gasteiger partial charge in [-0.1, -0.05) is 35.9 Å².